The summed E-state index contributed by atoms with van der Waals surface area (Å²) in [5, 5.41) is 10.3. The molecule has 0 saturated carbocycles. The van der Waals surface area contributed by atoms with Gasteiger partial charge in [-0.2, -0.15) is 13.2 Å². The predicted octanol–water partition coefficient (Wildman–Crippen LogP) is 3.41. The Labute approximate surface area is 139 Å². The topological polar surface area (TPSA) is 59.3 Å². The van der Waals surface area contributed by atoms with Gasteiger partial charge in [-0.05, 0) is 19.4 Å². The summed E-state index contributed by atoms with van der Waals surface area (Å²) in [4.78, 5) is 11.7. The summed E-state index contributed by atoms with van der Waals surface area (Å²) < 4.78 is 39.7. The molecule has 0 aliphatic rings. The summed E-state index contributed by atoms with van der Waals surface area (Å²) in [5.74, 6) is -0.196. The molecule has 0 saturated heterocycles. The minimum atomic E-state index is -4.53. The Morgan fingerprint density at radius 2 is 2.17 bits per heavy atom. The molecule has 0 fully saturated rings. The first-order chi connectivity index (χ1) is 10.7. The van der Waals surface area contributed by atoms with Crippen LogP contribution in [0.5, 0.6) is 0 Å². The van der Waals surface area contributed by atoms with Crippen molar-refractivity contribution < 1.29 is 18.0 Å². The maximum Gasteiger partial charge on any atom is 0.417 e. The Morgan fingerprint density at radius 3 is 2.78 bits per heavy atom. The molecule has 23 heavy (non-hydrogen) atoms. The normalized spacial score (nSPS) is 13.3. The van der Waals surface area contributed by atoms with Crippen molar-refractivity contribution in [3.8, 4) is 0 Å². The van der Waals surface area contributed by atoms with Crippen molar-refractivity contribution in [1.29, 1.82) is 0 Å². The molecule has 2 aromatic rings. The van der Waals surface area contributed by atoms with Crippen molar-refractivity contribution in [3.63, 3.8) is 0 Å². The standard InChI is InChI=1S/C13H14ClF3N4OS/c1-3-7(2)18-10(22)6-23-12-20-19-11-9(14)4-8(5-21(11)12)13(15,16)17/h4-5,7H,3,6H2,1-2H3,(H,18,22). The van der Waals surface area contributed by atoms with Crippen molar-refractivity contribution in [2.75, 3.05) is 5.75 Å². The highest BCUT2D eigenvalue weighted by atomic mass is 35.5. The Kier molecular flexibility index (Phi) is 5.41. The minimum Gasteiger partial charge on any atom is -0.353 e. The molecule has 2 rings (SSSR count). The van der Waals surface area contributed by atoms with E-state index in [-0.39, 0.29) is 33.5 Å². The van der Waals surface area contributed by atoms with Gasteiger partial charge >= 0.3 is 6.18 Å². The van der Waals surface area contributed by atoms with Gasteiger partial charge < -0.3 is 5.32 Å². The quantitative estimate of drug-likeness (QED) is 0.824. The number of thioether (sulfide) groups is 1. The molecule has 1 amide bonds. The van der Waals surface area contributed by atoms with Crippen molar-refractivity contribution in [2.24, 2.45) is 0 Å². The second-order valence-corrected chi connectivity index (χ2v) is 6.27. The number of pyridine rings is 1. The van der Waals surface area contributed by atoms with E-state index in [0.717, 1.165) is 34.8 Å². The molecule has 2 aromatic heterocycles. The number of carbonyl (C=O) groups excluding carboxylic acids is 1. The molecule has 1 atom stereocenters. The van der Waals surface area contributed by atoms with Gasteiger partial charge in [0, 0.05) is 12.2 Å². The fourth-order valence-corrected chi connectivity index (χ4v) is 2.70. The third kappa shape index (κ3) is 4.29. The average molecular weight is 367 g/mol. The Balaban J connectivity index is 2.22. The zero-order valence-corrected chi connectivity index (χ0v) is 13.9. The summed E-state index contributed by atoms with van der Waals surface area (Å²) in [6.07, 6.45) is -2.87. The highest BCUT2D eigenvalue weighted by Gasteiger charge is 2.32. The highest BCUT2D eigenvalue weighted by molar-refractivity contribution is 7.99. The van der Waals surface area contributed by atoms with E-state index in [0.29, 0.717) is 0 Å². The minimum absolute atomic E-state index is 0.0268. The lowest BCUT2D eigenvalue weighted by Gasteiger charge is -2.11. The van der Waals surface area contributed by atoms with E-state index in [4.69, 9.17) is 11.6 Å². The Hall–Kier alpha value is -1.48. The van der Waals surface area contributed by atoms with E-state index in [1.54, 1.807) is 0 Å². The van der Waals surface area contributed by atoms with Crippen LogP contribution in [0.4, 0.5) is 13.2 Å². The molecular formula is C13H14ClF3N4OS. The van der Waals surface area contributed by atoms with E-state index in [1.807, 2.05) is 13.8 Å². The van der Waals surface area contributed by atoms with Crippen LogP contribution in [0.3, 0.4) is 0 Å². The van der Waals surface area contributed by atoms with Crippen LogP contribution in [-0.2, 0) is 11.0 Å². The average Bonchev–Trinajstić information content (AvgIpc) is 2.87. The zero-order chi connectivity index (χ0) is 17.2. The highest BCUT2D eigenvalue weighted by Crippen LogP contribution is 2.33. The van der Waals surface area contributed by atoms with Crippen LogP contribution >= 0.6 is 23.4 Å². The lowest BCUT2D eigenvalue weighted by atomic mass is 10.3. The van der Waals surface area contributed by atoms with Crippen molar-refractivity contribution in [3.05, 3.63) is 22.8 Å². The summed E-state index contributed by atoms with van der Waals surface area (Å²) in [5.41, 5.74) is -0.787. The number of rotatable bonds is 5. The fourth-order valence-electron chi connectivity index (χ4n) is 1.74. The second-order valence-electron chi connectivity index (χ2n) is 4.92. The second kappa shape index (κ2) is 6.96. The van der Waals surface area contributed by atoms with E-state index in [9.17, 15) is 18.0 Å². The number of amides is 1. The molecule has 0 radical (unpaired) electrons. The van der Waals surface area contributed by atoms with Crippen molar-refractivity contribution in [1.82, 2.24) is 19.9 Å². The van der Waals surface area contributed by atoms with E-state index >= 15 is 0 Å². The molecular weight excluding hydrogens is 353 g/mol. The number of nitrogens with zero attached hydrogens (tertiary/aromatic N) is 3. The summed E-state index contributed by atoms with van der Waals surface area (Å²) >= 11 is 6.82. The lowest BCUT2D eigenvalue weighted by molar-refractivity contribution is -0.137. The predicted molar refractivity (Wildman–Crippen MR) is 81.6 cm³/mol. The van der Waals surface area contributed by atoms with Gasteiger partial charge in [-0.15, -0.1) is 10.2 Å². The zero-order valence-electron chi connectivity index (χ0n) is 12.3. The smallest absolute Gasteiger partial charge is 0.353 e. The number of alkyl halides is 3. The number of carbonyl (C=O) groups is 1. The number of aromatic nitrogens is 3. The van der Waals surface area contributed by atoms with Gasteiger partial charge in [0.2, 0.25) is 5.91 Å². The third-order valence-corrected chi connectivity index (χ3v) is 4.33. The molecule has 0 spiro atoms. The Morgan fingerprint density at radius 1 is 1.48 bits per heavy atom. The van der Waals surface area contributed by atoms with Gasteiger partial charge in [0.25, 0.3) is 0 Å². The number of hydrogen-bond donors (Lipinski definition) is 1. The van der Waals surface area contributed by atoms with Crippen LogP contribution in [0.15, 0.2) is 17.4 Å². The van der Waals surface area contributed by atoms with Gasteiger partial charge in [-0.25, -0.2) is 0 Å². The van der Waals surface area contributed by atoms with Gasteiger partial charge in [-0.1, -0.05) is 30.3 Å². The summed E-state index contributed by atoms with van der Waals surface area (Å²) in [6, 6.07) is 0.833. The molecule has 0 bridgehead atoms. The van der Waals surface area contributed by atoms with Crippen molar-refractivity contribution in [2.45, 2.75) is 37.6 Å². The first kappa shape index (κ1) is 17.9. The summed E-state index contributed by atoms with van der Waals surface area (Å²) in [6.45, 7) is 3.80. The SMILES string of the molecule is CCC(C)NC(=O)CSc1nnc2c(Cl)cc(C(F)(F)F)cn12. The molecule has 0 aliphatic carbocycles. The molecule has 126 valence electrons. The van der Waals surface area contributed by atoms with Crippen LogP contribution in [0.1, 0.15) is 25.8 Å². The number of hydrogen-bond acceptors (Lipinski definition) is 4. The lowest BCUT2D eigenvalue weighted by Crippen LogP contribution is -2.33. The summed E-state index contributed by atoms with van der Waals surface area (Å²) in [7, 11) is 0. The van der Waals surface area contributed by atoms with Crippen LogP contribution in [0.2, 0.25) is 5.02 Å². The molecule has 1 N–H and O–H groups in total. The van der Waals surface area contributed by atoms with Gasteiger partial charge in [-0.3, -0.25) is 9.20 Å². The maximum atomic E-state index is 12.8. The molecule has 0 aliphatic heterocycles. The number of nitrogens with one attached hydrogen (secondary N) is 1. The number of halogens is 4. The molecule has 10 heteroatoms. The van der Waals surface area contributed by atoms with Gasteiger partial charge in [0.1, 0.15) is 0 Å². The van der Waals surface area contributed by atoms with Crippen LogP contribution in [0, 0.1) is 0 Å². The van der Waals surface area contributed by atoms with Crippen LogP contribution in [-0.4, -0.2) is 32.3 Å². The van der Waals surface area contributed by atoms with E-state index < -0.39 is 11.7 Å². The van der Waals surface area contributed by atoms with Crippen LogP contribution < -0.4 is 5.32 Å². The monoisotopic (exact) mass is 366 g/mol. The van der Waals surface area contributed by atoms with Gasteiger partial charge in [0.15, 0.2) is 10.8 Å². The third-order valence-electron chi connectivity index (χ3n) is 3.11. The molecule has 2 heterocycles. The Bertz CT molecular complexity index is 719. The van der Waals surface area contributed by atoms with Gasteiger partial charge in [0.05, 0.1) is 16.3 Å². The van der Waals surface area contributed by atoms with Crippen molar-refractivity contribution >= 4 is 34.9 Å². The van der Waals surface area contributed by atoms with E-state index in [1.165, 1.54) is 0 Å². The largest absolute Gasteiger partial charge is 0.417 e. The van der Waals surface area contributed by atoms with Crippen LogP contribution in [0.25, 0.3) is 5.65 Å². The molecule has 1 unspecified atom stereocenters. The first-order valence-corrected chi connectivity index (χ1v) is 8.12. The molecule has 5 nitrogen and oxygen atoms in total. The maximum absolute atomic E-state index is 12.8. The first-order valence-electron chi connectivity index (χ1n) is 6.76. The number of fused-ring (bicyclic) bond motifs is 1. The fraction of sp³-hybridized carbons (Fsp3) is 0.462. The molecule has 0 aromatic carbocycles. The van der Waals surface area contributed by atoms with E-state index in [2.05, 4.69) is 15.5 Å².